The molecule has 0 bridgehead atoms. The molecule has 3 N–H and O–H groups in total. The van der Waals surface area contributed by atoms with Gasteiger partial charge in [0.25, 0.3) is 5.91 Å². The van der Waals surface area contributed by atoms with Gasteiger partial charge in [0, 0.05) is 48.7 Å². The first-order valence-corrected chi connectivity index (χ1v) is 11.9. The summed E-state index contributed by atoms with van der Waals surface area (Å²) >= 11 is 0. The van der Waals surface area contributed by atoms with E-state index in [1.165, 1.54) is 12.1 Å². The first-order chi connectivity index (χ1) is 16.8. The van der Waals surface area contributed by atoms with Crippen LogP contribution in [0.3, 0.4) is 0 Å². The maximum Gasteiger partial charge on any atom is 0.270 e. The molecule has 9 heteroatoms. The summed E-state index contributed by atoms with van der Waals surface area (Å²) in [6.45, 7) is 2.48. The third-order valence-corrected chi connectivity index (χ3v) is 7.26. The number of halogens is 1. The maximum atomic E-state index is 14.2. The van der Waals surface area contributed by atoms with Gasteiger partial charge in [-0.1, -0.05) is 0 Å². The number of aromatic nitrogens is 3. The van der Waals surface area contributed by atoms with Crippen molar-refractivity contribution in [3.05, 3.63) is 65.5 Å². The van der Waals surface area contributed by atoms with Crippen LogP contribution in [0.2, 0.25) is 0 Å². The van der Waals surface area contributed by atoms with E-state index in [2.05, 4.69) is 15.4 Å². The van der Waals surface area contributed by atoms with Crippen molar-refractivity contribution < 1.29 is 19.4 Å². The molecule has 0 spiro atoms. The summed E-state index contributed by atoms with van der Waals surface area (Å²) in [5.74, 6) is -0.440. The largest absolute Gasteiger partial charge is 0.396 e. The molecule has 1 amide bonds. The lowest BCUT2D eigenvalue weighted by Gasteiger charge is -2.34. The van der Waals surface area contributed by atoms with Gasteiger partial charge in [-0.15, -0.1) is 0 Å². The number of hydrogen-bond acceptors (Lipinski definition) is 6. The van der Waals surface area contributed by atoms with Crippen molar-refractivity contribution >= 4 is 11.6 Å². The highest BCUT2D eigenvalue weighted by Gasteiger charge is 2.55. The van der Waals surface area contributed by atoms with Gasteiger partial charge in [0.15, 0.2) is 0 Å². The molecule has 1 saturated carbocycles. The fourth-order valence-electron chi connectivity index (χ4n) is 5.22. The van der Waals surface area contributed by atoms with Gasteiger partial charge in [0.05, 0.1) is 12.8 Å². The molecule has 0 radical (unpaired) electrons. The second-order valence-corrected chi connectivity index (χ2v) is 9.77. The SMILES string of the molecule is Cc1cc(N2CC[C@@](CO)(C3CC3)[C@H]2O)cc(C(=O)NCc2cc(F)cc(-c3cnn(C)c3)c2)n1. The Morgan fingerprint density at radius 3 is 2.71 bits per heavy atom. The number of nitrogens with zero attached hydrogens (tertiary/aromatic N) is 4. The van der Waals surface area contributed by atoms with Gasteiger partial charge >= 0.3 is 0 Å². The number of aryl methyl sites for hydroxylation is 2. The van der Waals surface area contributed by atoms with E-state index in [1.54, 1.807) is 37.1 Å². The Morgan fingerprint density at radius 1 is 1.23 bits per heavy atom. The Balaban J connectivity index is 1.32. The molecule has 2 atom stereocenters. The lowest BCUT2D eigenvalue weighted by molar-refractivity contribution is -0.00871. The summed E-state index contributed by atoms with van der Waals surface area (Å²) < 4.78 is 15.9. The van der Waals surface area contributed by atoms with E-state index in [0.29, 0.717) is 41.4 Å². The predicted octanol–water partition coefficient (Wildman–Crippen LogP) is 2.78. The second kappa shape index (κ2) is 9.05. The van der Waals surface area contributed by atoms with Crippen LogP contribution >= 0.6 is 0 Å². The number of hydrogen-bond donors (Lipinski definition) is 3. The van der Waals surface area contributed by atoms with Crippen molar-refractivity contribution in [2.75, 3.05) is 18.1 Å². The number of pyridine rings is 1. The molecule has 2 fully saturated rings. The highest BCUT2D eigenvalue weighted by Crippen LogP contribution is 2.53. The number of carbonyl (C=O) groups is 1. The average Bonchev–Trinajstić information content (AvgIpc) is 3.50. The monoisotopic (exact) mass is 479 g/mol. The molecule has 3 aromatic rings. The molecule has 0 unspecified atom stereocenters. The van der Waals surface area contributed by atoms with Crippen LogP contribution in [0.5, 0.6) is 0 Å². The van der Waals surface area contributed by atoms with Crippen LogP contribution in [0.1, 0.15) is 41.0 Å². The quantitative estimate of drug-likeness (QED) is 0.482. The Kier molecular flexibility index (Phi) is 6.06. The molecule has 1 aliphatic carbocycles. The van der Waals surface area contributed by atoms with Crippen LogP contribution in [0.4, 0.5) is 10.1 Å². The number of anilines is 1. The normalized spacial score (nSPS) is 22.0. The van der Waals surface area contributed by atoms with Crippen molar-refractivity contribution in [3.63, 3.8) is 0 Å². The van der Waals surface area contributed by atoms with Gasteiger partial charge < -0.3 is 20.4 Å². The van der Waals surface area contributed by atoms with Gasteiger partial charge in [0.2, 0.25) is 0 Å². The van der Waals surface area contributed by atoms with Gasteiger partial charge in [-0.2, -0.15) is 5.10 Å². The molecule has 35 heavy (non-hydrogen) atoms. The van der Waals surface area contributed by atoms with Gasteiger partial charge in [-0.25, -0.2) is 9.37 Å². The Hall–Kier alpha value is -3.30. The second-order valence-electron chi connectivity index (χ2n) is 9.77. The van der Waals surface area contributed by atoms with Gasteiger partial charge in [0.1, 0.15) is 17.7 Å². The van der Waals surface area contributed by atoms with Crippen molar-refractivity contribution in [3.8, 4) is 11.1 Å². The third-order valence-electron chi connectivity index (χ3n) is 7.26. The van der Waals surface area contributed by atoms with Crippen molar-refractivity contribution in [1.82, 2.24) is 20.1 Å². The van der Waals surface area contributed by atoms with Crippen LogP contribution in [0, 0.1) is 24.1 Å². The summed E-state index contributed by atoms with van der Waals surface area (Å²) in [6.07, 6.45) is 5.41. The van der Waals surface area contributed by atoms with Crippen LogP contribution in [-0.4, -0.2) is 50.3 Å². The zero-order valence-electron chi connectivity index (χ0n) is 19.9. The van der Waals surface area contributed by atoms with Crippen LogP contribution in [-0.2, 0) is 13.6 Å². The standard InChI is InChI=1S/C26H30FN5O3/c1-16-7-22(32-6-5-26(15-33,25(32)35)20-3-4-20)11-23(30-16)24(34)28-12-17-8-18(10-21(27)9-17)19-13-29-31(2)14-19/h7-11,13-14,20,25,33,35H,3-6,12,15H2,1-2H3,(H,28,34)/t25-,26-/m1/s1. The number of aliphatic hydroxyl groups excluding tert-OH is 2. The Morgan fingerprint density at radius 2 is 2.03 bits per heavy atom. The molecule has 5 rings (SSSR count). The van der Waals surface area contributed by atoms with Gasteiger partial charge in [-0.3, -0.25) is 9.48 Å². The number of nitrogens with one attached hydrogen (secondary N) is 1. The summed E-state index contributed by atoms with van der Waals surface area (Å²) in [5, 5.41) is 28.1. The lowest BCUT2D eigenvalue weighted by atomic mass is 9.81. The molecule has 8 nitrogen and oxygen atoms in total. The van der Waals surface area contributed by atoms with E-state index in [9.17, 15) is 19.4 Å². The summed E-state index contributed by atoms with van der Waals surface area (Å²) in [4.78, 5) is 19.2. The number of rotatable bonds is 7. The van der Waals surface area contributed by atoms with Crippen LogP contribution < -0.4 is 10.2 Å². The average molecular weight is 480 g/mol. The molecule has 1 saturated heterocycles. The summed E-state index contributed by atoms with van der Waals surface area (Å²) in [7, 11) is 1.80. The lowest BCUT2D eigenvalue weighted by Crippen LogP contribution is -2.43. The molecule has 2 aliphatic rings. The first-order valence-electron chi connectivity index (χ1n) is 11.9. The van der Waals surface area contributed by atoms with Crippen LogP contribution in [0.15, 0.2) is 42.7 Å². The third kappa shape index (κ3) is 4.53. The fourth-order valence-corrected chi connectivity index (χ4v) is 5.22. The molecule has 1 aliphatic heterocycles. The molecule has 2 aromatic heterocycles. The van der Waals surface area contributed by atoms with Gasteiger partial charge in [-0.05, 0) is 73.6 Å². The highest BCUT2D eigenvalue weighted by atomic mass is 19.1. The fraction of sp³-hybridized carbons (Fsp3) is 0.423. The smallest absolute Gasteiger partial charge is 0.270 e. The number of amides is 1. The summed E-state index contributed by atoms with van der Waals surface area (Å²) in [6, 6.07) is 8.16. The minimum atomic E-state index is -0.809. The minimum absolute atomic E-state index is 0.0542. The number of benzene rings is 1. The first kappa shape index (κ1) is 23.4. The zero-order chi connectivity index (χ0) is 24.7. The van der Waals surface area contributed by atoms with E-state index >= 15 is 0 Å². The van der Waals surface area contributed by atoms with E-state index in [4.69, 9.17) is 0 Å². The molecule has 1 aromatic carbocycles. The van der Waals surface area contributed by atoms with Crippen molar-refractivity contribution in [1.29, 1.82) is 0 Å². The number of carbonyl (C=O) groups excluding carboxylic acids is 1. The van der Waals surface area contributed by atoms with E-state index in [-0.39, 0.29) is 24.8 Å². The Labute approximate surface area is 203 Å². The molecular formula is C26H30FN5O3. The van der Waals surface area contributed by atoms with Crippen molar-refractivity contribution in [2.24, 2.45) is 18.4 Å². The molecule has 184 valence electrons. The maximum absolute atomic E-state index is 14.2. The topological polar surface area (TPSA) is 104 Å². The predicted molar refractivity (Wildman–Crippen MR) is 129 cm³/mol. The van der Waals surface area contributed by atoms with Crippen LogP contribution in [0.25, 0.3) is 11.1 Å². The summed E-state index contributed by atoms with van der Waals surface area (Å²) in [5.41, 5.74) is 3.17. The zero-order valence-corrected chi connectivity index (χ0v) is 19.9. The Bertz CT molecular complexity index is 1260. The van der Waals surface area contributed by atoms with E-state index < -0.39 is 17.5 Å². The minimum Gasteiger partial charge on any atom is -0.396 e. The number of aliphatic hydroxyl groups is 2. The van der Waals surface area contributed by atoms with Crippen molar-refractivity contribution in [2.45, 2.75) is 39.0 Å². The molecule has 3 heterocycles. The van der Waals surface area contributed by atoms with E-state index in [0.717, 1.165) is 18.4 Å². The highest BCUT2D eigenvalue weighted by molar-refractivity contribution is 5.93. The molecular weight excluding hydrogens is 449 g/mol. The van der Waals surface area contributed by atoms with E-state index in [1.807, 2.05) is 17.0 Å².